The summed E-state index contributed by atoms with van der Waals surface area (Å²) in [5.41, 5.74) is 1.24. The summed E-state index contributed by atoms with van der Waals surface area (Å²) in [5.74, 6) is -0.0291. The number of nitrogens with one attached hydrogen (secondary N) is 1. The van der Waals surface area contributed by atoms with Gasteiger partial charge in [0.25, 0.3) is 5.91 Å². The van der Waals surface area contributed by atoms with Crippen molar-refractivity contribution in [2.24, 2.45) is 0 Å². The highest BCUT2D eigenvalue weighted by Crippen LogP contribution is 2.17. The van der Waals surface area contributed by atoms with Gasteiger partial charge in [0.1, 0.15) is 5.75 Å². The Morgan fingerprint density at radius 2 is 2.33 bits per heavy atom. The lowest BCUT2D eigenvalue weighted by Gasteiger charge is -2.05. The van der Waals surface area contributed by atoms with Crippen molar-refractivity contribution in [1.29, 1.82) is 0 Å². The van der Waals surface area contributed by atoms with Crippen LogP contribution in [0.3, 0.4) is 0 Å². The largest absolute Gasteiger partial charge is 0.508 e. The van der Waals surface area contributed by atoms with Gasteiger partial charge in [-0.1, -0.05) is 12.1 Å². The maximum atomic E-state index is 11.5. The van der Waals surface area contributed by atoms with Crippen molar-refractivity contribution in [3.05, 3.63) is 42.0 Å². The second-order valence-electron chi connectivity index (χ2n) is 3.33. The third-order valence-electron chi connectivity index (χ3n) is 2.11. The van der Waals surface area contributed by atoms with E-state index in [4.69, 9.17) is 0 Å². The van der Waals surface area contributed by atoms with Crippen LogP contribution in [0.25, 0.3) is 0 Å². The van der Waals surface area contributed by atoms with Crippen LogP contribution in [-0.2, 0) is 0 Å². The molecule has 1 aromatic carbocycles. The predicted molar refractivity (Wildman–Crippen MR) is 60.0 cm³/mol. The molecule has 0 fully saturated rings. The molecule has 0 saturated carbocycles. The molecule has 0 saturated heterocycles. The first kappa shape index (κ1) is 11.3. The first-order valence-corrected chi connectivity index (χ1v) is 4.84. The topological polar surface area (TPSA) is 49.3 Å². The molecule has 0 aliphatic rings. The molecule has 2 N–H and O–H groups in total. The lowest BCUT2D eigenvalue weighted by molar-refractivity contribution is 0.0954. The normalized spacial score (nSPS) is 9.67. The van der Waals surface area contributed by atoms with Gasteiger partial charge in [-0.05, 0) is 31.0 Å². The molecule has 0 aliphatic carbocycles. The third kappa shape index (κ3) is 3.13. The van der Waals surface area contributed by atoms with E-state index in [9.17, 15) is 9.90 Å². The first-order chi connectivity index (χ1) is 7.15. The fourth-order valence-corrected chi connectivity index (χ4v) is 1.14. The minimum absolute atomic E-state index is 0.145. The van der Waals surface area contributed by atoms with Crippen LogP contribution >= 0.6 is 0 Å². The van der Waals surface area contributed by atoms with E-state index in [0.717, 1.165) is 12.0 Å². The van der Waals surface area contributed by atoms with Gasteiger partial charge in [-0.2, -0.15) is 0 Å². The number of hydrogen-bond donors (Lipinski definition) is 2. The summed E-state index contributed by atoms with van der Waals surface area (Å²) in [6.45, 7) is 5.92. The van der Waals surface area contributed by atoms with Crippen molar-refractivity contribution in [3.8, 4) is 5.75 Å². The number of amides is 1. The molecular formula is C12H15NO2. The molecule has 3 nitrogen and oxygen atoms in total. The van der Waals surface area contributed by atoms with Gasteiger partial charge in [-0.15, -0.1) is 6.58 Å². The number of aryl methyl sites for hydroxylation is 1. The van der Waals surface area contributed by atoms with Crippen molar-refractivity contribution in [1.82, 2.24) is 5.32 Å². The van der Waals surface area contributed by atoms with E-state index in [1.807, 2.05) is 0 Å². The summed E-state index contributed by atoms with van der Waals surface area (Å²) in [6, 6.07) is 4.88. The lowest BCUT2D eigenvalue weighted by atomic mass is 10.1. The van der Waals surface area contributed by atoms with Gasteiger partial charge in [-0.3, -0.25) is 4.79 Å². The molecule has 0 spiro atoms. The number of phenols is 1. The van der Waals surface area contributed by atoms with Gasteiger partial charge in [0.15, 0.2) is 0 Å². The van der Waals surface area contributed by atoms with Crippen LogP contribution in [0.2, 0.25) is 0 Å². The van der Waals surface area contributed by atoms with Crippen molar-refractivity contribution in [2.45, 2.75) is 13.3 Å². The van der Waals surface area contributed by atoms with Crippen molar-refractivity contribution < 1.29 is 9.90 Å². The smallest absolute Gasteiger partial charge is 0.251 e. The Morgan fingerprint density at radius 3 is 2.93 bits per heavy atom. The molecule has 0 atom stereocenters. The van der Waals surface area contributed by atoms with Crippen LogP contribution in [0.1, 0.15) is 22.3 Å². The molecule has 0 aromatic heterocycles. The van der Waals surface area contributed by atoms with Crippen LogP contribution in [0, 0.1) is 6.92 Å². The molecule has 15 heavy (non-hydrogen) atoms. The highest BCUT2D eigenvalue weighted by Gasteiger charge is 2.06. The summed E-state index contributed by atoms with van der Waals surface area (Å²) >= 11 is 0. The number of hydrogen-bond acceptors (Lipinski definition) is 2. The zero-order valence-electron chi connectivity index (χ0n) is 8.79. The molecule has 3 heteroatoms. The van der Waals surface area contributed by atoms with Crippen molar-refractivity contribution >= 4 is 5.91 Å². The maximum absolute atomic E-state index is 11.5. The minimum Gasteiger partial charge on any atom is -0.508 e. The fraction of sp³-hybridized carbons (Fsp3) is 0.250. The van der Waals surface area contributed by atoms with Crippen molar-refractivity contribution in [2.75, 3.05) is 6.54 Å². The maximum Gasteiger partial charge on any atom is 0.251 e. The molecule has 0 radical (unpaired) electrons. The van der Waals surface area contributed by atoms with E-state index in [1.54, 1.807) is 25.1 Å². The fourth-order valence-electron chi connectivity index (χ4n) is 1.14. The van der Waals surface area contributed by atoms with E-state index in [0.29, 0.717) is 12.1 Å². The van der Waals surface area contributed by atoms with E-state index in [2.05, 4.69) is 11.9 Å². The van der Waals surface area contributed by atoms with E-state index in [1.165, 1.54) is 6.07 Å². The summed E-state index contributed by atoms with van der Waals surface area (Å²) in [6.07, 6.45) is 2.48. The van der Waals surface area contributed by atoms with Gasteiger partial charge in [0, 0.05) is 12.1 Å². The van der Waals surface area contributed by atoms with Gasteiger partial charge in [-0.25, -0.2) is 0 Å². The average Bonchev–Trinajstić information content (AvgIpc) is 2.22. The standard InChI is InChI=1S/C12H15NO2/c1-3-4-7-13-12(15)10-6-5-9(2)11(14)8-10/h3,5-6,8,14H,1,4,7H2,2H3,(H,13,15). The number of aromatic hydroxyl groups is 1. The van der Waals surface area contributed by atoms with Crippen LogP contribution < -0.4 is 5.32 Å². The molecular weight excluding hydrogens is 190 g/mol. The third-order valence-corrected chi connectivity index (χ3v) is 2.11. The Kier molecular flexibility index (Phi) is 3.92. The molecule has 0 bridgehead atoms. The zero-order chi connectivity index (χ0) is 11.3. The average molecular weight is 205 g/mol. The summed E-state index contributed by atoms with van der Waals surface area (Å²) < 4.78 is 0. The van der Waals surface area contributed by atoms with E-state index in [-0.39, 0.29) is 11.7 Å². The number of carbonyl (C=O) groups is 1. The van der Waals surface area contributed by atoms with Gasteiger partial charge in [0.2, 0.25) is 0 Å². The summed E-state index contributed by atoms with van der Waals surface area (Å²) in [4.78, 5) is 11.5. The second kappa shape index (κ2) is 5.20. The van der Waals surface area contributed by atoms with Gasteiger partial charge >= 0.3 is 0 Å². The number of benzene rings is 1. The Balaban J connectivity index is 2.65. The Labute approximate surface area is 89.4 Å². The SMILES string of the molecule is C=CCCNC(=O)c1ccc(C)c(O)c1. The zero-order valence-corrected chi connectivity index (χ0v) is 8.79. The van der Waals surface area contributed by atoms with Gasteiger partial charge < -0.3 is 10.4 Å². The summed E-state index contributed by atoms with van der Waals surface area (Å²) in [7, 11) is 0. The molecule has 0 aliphatic heterocycles. The van der Waals surface area contributed by atoms with Gasteiger partial charge in [0.05, 0.1) is 0 Å². The molecule has 1 rings (SSSR count). The minimum atomic E-state index is -0.174. The van der Waals surface area contributed by atoms with E-state index >= 15 is 0 Å². The van der Waals surface area contributed by atoms with Crippen LogP contribution in [0.4, 0.5) is 0 Å². The van der Waals surface area contributed by atoms with Crippen LogP contribution in [0.5, 0.6) is 5.75 Å². The molecule has 0 heterocycles. The number of carbonyl (C=O) groups excluding carboxylic acids is 1. The number of rotatable bonds is 4. The summed E-state index contributed by atoms with van der Waals surface area (Å²) in [5, 5.41) is 12.1. The second-order valence-corrected chi connectivity index (χ2v) is 3.33. The van der Waals surface area contributed by atoms with Crippen LogP contribution in [0.15, 0.2) is 30.9 Å². The Bertz CT molecular complexity index is 372. The molecule has 80 valence electrons. The molecule has 0 unspecified atom stereocenters. The number of phenolic OH excluding ortho intramolecular Hbond substituents is 1. The van der Waals surface area contributed by atoms with E-state index < -0.39 is 0 Å². The Morgan fingerprint density at radius 1 is 1.60 bits per heavy atom. The molecule has 1 amide bonds. The highest BCUT2D eigenvalue weighted by molar-refractivity contribution is 5.94. The predicted octanol–water partition coefficient (Wildman–Crippen LogP) is 2.01. The van der Waals surface area contributed by atoms with Crippen molar-refractivity contribution in [3.63, 3.8) is 0 Å². The first-order valence-electron chi connectivity index (χ1n) is 4.84. The molecule has 1 aromatic rings. The monoisotopic (exact) mass is 205 g/mol. The lowest BCUT2D eigenvalue weighted by Crippen LogP contribution is -2.23. The Hall–Kier alpha value is -1.77. The quantitative estimate of drug-likeness (QED) is 0.583. The van der Waals surface area contributed by atoms with Crippen LogP contribution in [-0.4, -0.2) is 17.6 Å². The highest BCUT2D eigenvalue weighted by atomic mass is 16.3.